The van der Waals surface area contributed by atoms with E-state index in [0.29, 0.717) is 5.56 Å². The normalized spacial score (nSPS) is 13.6. The van der Waals surface area contributed by atoms with Crippen LogP contribution in [-0.4, -0.2) is 17.4 Å². The number of carbonyl (C=O) groups is 1. The van der Waals surface area contributed by atoms with Crippen LogP contribution in [0, 0.1) is 13.8 Å². The number of amides is 1. The standard InChI is InChI=1S/C17H19N3O/c1-11-4-3-5-12(2)16(11)20-17(21)15-10-19-9-13-8-18-7-6-14(13)15/h3-5,9-10,18H,6-8H2,1-2H3,(H,20,21). The van der Waals surface area contributed by atoms with Crippen LogP contribution in [-0.2, 0) is 13.0 Å². The van der Waals surface area contributed by atoms with Crippen LogP contribution in [0.4, 0.5) is 5.69 Å². The van der Waals surface area contributed by atoms with E-state index in [-0.39, 0.29) is 5.91 Å². The molecule has 0 saturated heterocycles. The van der Waals surface area contributed by atoms with Crippen molar-refractivity contribution in [2.24, 2.45) is 0 Å². The van der Waals surface area contributed by atoms with Crippen LogP contribution in [0.2, 0.25) is 0 Å². The lowest BCUT2D eigenvalue weighted by Crippen LogP contribution is -2.27. The molecule has 0 saturated carbocycles. The average molecular weight is 281 g/mol. The van der Waals surface area contributed by atoms with Gasteiger partial charge in [0.15, 0.2) is 0 Å². The van der Waals surface area contributed by atoms with Gasteiger partial charge in [-0.05, 0) is 49.1 Å². The Bertz CT molecular complexity index is 674. The van der Waals surface area contributed by atoms with Gasteiger partial charge >= 0.3 is 0 Å². The summed E-state index contributed by atoms with van der Waals surface area (Å²) in [6, 6.07) is 6.01. The maximum Gasteiger partial charge on any atom is 0.257 e. The zero-order valence-electron chi connectivity index (χ0n) is 12.4. The number of aromatic nitrogens is 1. The molecule has 4 nitrogen and oxygen atoms in total. The molecule has 0 radical (unpaired) electrons. The zero-order valence-corrected chi connectivity index (χ0v) is 12.4. The summed E-state index contributed by atoms with van der Waals surface area (Å²) in [6.45, 7) is 5.70. The monoisotopic (exact) mass is 281 g/mol. The number of anilines is 1. The van der Waals surface area contributed by atoms with Gasteiger partial charge in [-0.3, -0.25) is 9.78 Å². The van der Waals surface area contributed by atoms with Gasteiger partial charge in [-0.15, -0.1) is 0 Å². The van der Waals surface area contributed by atoms with Gasteiger partial charge < -0.3 is 10.6 Å². The third kappa shape index (κ3) is 2.67. The average Bonchev–Trinajstić information content (AvgIpc) is 2.50. The minimum atomic E-state index is -0.0707. The Morgan fingerprint density at radius 2 is 2.00 bits per heavy atom. The number of aryl methyl sites for hydroxylation is 2. The Labute approximate surface area is 124 Å². The molecule has 1 amide bonds. The first kappa shape index (κ1) is 13.8. The van der Waals surface area contributed by atoms with Crippen LogP contribution in [0.15, 0.2) is 30.6 Å². The lowest BCUT2D eigenvalue weighted by Gasteiger charge is -2.20. The van der Waals surface area contributed by atoms with Crippen molar-refractivity contribution in [2.45, 2.75) is 26.8 Å². The van der Waals surface area contributed by atoms with E-state index in [1.54, 1.807) is 6.20 Å². The Balaban J connectivity index is 1.93. The smallest absolute Gasteiger partial charge is 0.257 e. The van der Waals surface area contributed by atoms with Gasteiger partial charge in [0.25, 0.3) is 5.91 Å². The minimum absolute atomic E-state index is 0.0707. The molecule has 2 heterocycles. The predicted molar refractivity (Wildman–Crippen MR) is 83.5 cm³/mol. The molecular weight excluding hydrogens is 262 g/mol. The van der Waals surface area contributed by atoms with Gasteiger partial charge in [0.05, 0.1) is 5.56 Å². The predicted octanol–water partition coefficient (Wildman–Crippen LogP) is 2.60. The molecule has 0 aliphatic carbocycles. The number of para-hydroxylation sites is 1. The first-order valence-corrected chi connectivity index (χ1v) is 7.21. The fourth-order valence-corrected chi connectivity index (χ4v) is 2.80. The molecule has 0 fully saturated rings. The summed E-state index contributed by atoms with van der Waals surface area (Å²) in [4.78, 5) is 16.8. The molecule has 1 aliphatic rings. The highest BCUT2D eigenvalue weighted by atomic mass is 16.1. The fraction of sp³-hybridized carbons (Fsp3) is 0.294. The maximum atomic E-state index is 12.6. The van der Waals surface area contributed by atoms with E-state index in [4.69, 9.17) is 0 Å². The molecule has 1 aliphatic heterocycles. The van der Waals surface area contributed by atoms with Crippen molar-refractivity contribution >= 4 is 11.6 Å². The molecule has 0 bridgehead atoms. The zero-order chi connectivity index (χ0) is 14.8. The van der Waals surface area contributed by atoms with E-state index in [1.807, 2.05) is 38.2 Å². The summed E-state index contributed by atoms with van der Waals surface area (Å²) < 4.78 is 0. The van der Waals surface area contributed by atoms with Gasteiger partial charge in [-0.2, -0.15) is 0 Å². The van der Waals surface area contributed by atoms with Crippen molar-refractivity contribution < 1.29 is 4.79 Å². The summed E-state index contributed by atoms with van der Waals surface area (Å²) in [5, 5.41) is 6.35. The van der Waals surface area contributed by atoms with Gasteiger partial charge in [-0.25, -0.2) is 0 Å². The summed E-state index contributed by atoms with van der Waals surface area (Å²) in [5.41, 5.74) is 5.97. The van der Waals surface area contributed by atoms with E-state index in [1.165, 1.54) is 0 Å². The number of hydrogen-bond acceptors (Lipinski definition) is 3. The minimum Gasteiger partial charge on any atom is -0.321 e. The molecule has 4 heteroatoms. The largest absolute Gasteiger partial charge is 0.321 e. The summed E-state index contributed by atoms with van der Waals surface area (Å²) >= 11 is 0. The van der Waals surface area contributed by atoms with Crippen molar-refractivity contribution in [3.8, 4) is 0 Å². The SMILES string of the molecule is Cc1cccc(C)c1NC(=O)c1cncc2c1CCNC2. The van der Waals surface area contributed by atoms with E-state index >= 15 is 0 Å². The van der Waals surface area contributed by atoms with E-state index < -0.39 is 0 Å². The molecule has 1 aromatic heterocycles. The second kappa shape index (κ2) is 5.66. The van der Waals surface area contributed by atoms with E-state index in [9.17, 15) is 4.79 Å². The first-order chi connectivity index (χ1) is 10.2. The van der Waals surface area contributed by atoms with Gasteiger partial charge in [0, 0.05) is 24.6 Å². The lowest BCUT2D eigenvalue weighted by atomic mass is 9.97. The van der Waals surface area contributed by atoms with Crippen molar-refractivity contribution in [2.75, 3.05) is 11.9 Å². The van der Waals surface area contributed by atoms with Crippen LogP contribution >= 0.6 is 0 Å². The van der Waals surface area contributed by atoms with Crippen LogP contribution < -0.4 is 10.6 Å². The molecular formula is C17H19N3O. The number of benzene rings is 1. The van der Waals surface area contributed by atoms with Gasteiger partial charge in [0.2, 0.25) is 0 Å². The second-order valence-corrected chi connectivity index (χ2v) is 5.47. The number of rotatable bonds is 2. The molecule has 21 heavy (non-hydrogen) atoms. The quantitative estimate of drug-likeness (QED) is 0.889. The van der Waals surface area contributed by atoms with E-state index in [0.717, 1.165) is 47.5 Å². The van der Waals surface area contributed by atoms with E-state index in [2.05, 4.69) is 15.6 Å². The third-order valence-corrected chi connectivity index (χ3v) is 3.98. The summed E-state index contributed by atoms with van der Waals surface area (Å²) in [7, 11) is 0. The third-order valence-electron chi connectivity index (χ3n) is 3.98. The van der Waals surface area contributed by atoms with Crippen molar-refractivity contribution in [1.82, 2.24) is 10.3 Å². The highest BCUT2D eigenvalue weighted by molar-refractivity contribution is 6.06. The van der Waals surface area contributed by atoms with Crippen LogP contribution in [0.3, 0.4) is 0 Å². The van der Waals surface area contributed by atoms with Crippen LogP contribution in [0.1, 0.15) is 32.6 Å². The van der Waals surface area contributed by atoms with Crippen LogP contribution in [0.25, 0.3) is 0 Å². The molecule has 2 N–H and O–H groups in total. The number of nitrogens with one attached hydrogen (secondary N) is 2. The lowest BCUT2D eigenvalue weighted by molar-refractivity contribution is 0.102. The van der Waals surface area contributed by atoms with Crippen molar-refractivity contribution in [1.29, 1.82) is 0 Å². The molecule has 1 aromatic carbocycles. The van der Waals surface area contributed by atoms with Crippen LogP contribution in [0.5, 0.6) is 0 Å². The highest BCUT2D eigenvalue weighted by Gasteiger charge is 2.18. The number of carbonyl (C=O) groups excluding carboxylic acids is 1. The van der Waals surface area contributed by atoms with Gasteiger partial charge in [-0.1, -0.05) is 18.2 Å². The Kier molecular flexibility index (Phi) is 3.71. The van der Waals surface area contributed by atoms with Crippen molar-refractivity contribution in [3.63, 3.8) is 0 Å². The Morgan fingerprint density at radius 3 is 2.76 bits per heavy atom. The molecule has 108 valence electrons. The highest BCUT2D eigenvalue weighted by Crippen LogP contribution is 2.22. The van der Waals surface area contributed by atoms with Crippen molar-refractivity contribution in [3.05, 3.63) is 58.4 Å². The second-order valence-electron chi connectivity index (χ2n) is 5.47. The molecule has 0 unspecified atom stereocenters. The first-order valence-electron chi connectivity index (χ1n) is 7.21. The Morgan fingerprint density at radius 1 is 1.24 bits per heavy atom. The summed E-state index contributed by atoms with van der Waals surface area (Å²) in [6.07, 6.45) is 4.39. The number of hydrogen-bond donors (Lipinski definition) is 2. The topological polar surface area (TPSA) is 54.0 Å². The molecule has 0 atom stereocenters. The molecule has 2 aromatic rings. The Hall–Kier alpha value is -2.20. The summed E-state index contributed by atoms with van der Waals surface area (Å²) in [5.74, 6) is -0.0707. The maximum absolute atomic E-state index is 12.6. The fourth-order valence-electron chi connectivity index (χ4n) is 2.80. The molecule has 3 rings (SSSR count). The molecule has 0 spiro atoms. The number of pyridine rings is 1. The number of fused-ring (bicyclic) bond motifs is 1. The number of nitrogens with zero attached hydrogens (tertiary/aromatic N) is 1. The van der Waals surface area contributed by atoms with Gasteiger partial charge in [0.1, 0.15) is 0 Å².